The first kappa shape index (κ1) is 17.4. The molecule has 2 amide bonds. The lowest BCUT2D eigenvalue weighted by Crippen LogP contribution is -2.43. The van der Waals surface area contributed by atoms with Gasteiger partial charge < -0.3 is 4.74 Å². The van der Waals surface area contributed by atoms with Gasteiger partial charge in [-0.2, -0.15) is 0 Å². The summed E-state index contributed by atoms with van der Waals surface area (Å²) in [6.45, 7) is -0.362. The van der Waals surface area contributed by atoms with Crippen LogP contribution >= 0.6 is 34.8 Å². The minimum absolute atomic E-state index is 0.201. The van der Waals surface area contributed by atoms with Crippen molar-refractivity contribution in [1.29, 1.82) is 0 Å². The van der Waals surface area contributed by atoms with Gasteiger partial charge in [0.05, 0.1) is 10.0 Å². The van der Waals surface area contributed by atoms with E-state index < -0.39 is 11.8 Å². The molecule has 2 aromatic carbocycles. The highest BCUT2D eigenvalue weighted by atomic mass is 35.5. The van der Waals surface area contributed by atoms with Crippen molar-refractivity contribution in [2.24, 2.45) is 0 Å². The van der Waals surface area contributed by atoms with Gasteiger partial charge in [0.25, 0.3) is 11.8 Å². The van der Waals surface area contributed by atoms with E-state index in [2.05, 4.69) is 10.9 Å². The molecule has 0 aliphatic rings. The van der Waals surface area contributed by atoms with Crippen molar-refractivity contribution in [2.75, 3.05) is 6.61 Å². The Labute approximate surface area is 147 Å². The van der Waals surface area contributed by atoms with Gasteiger partial charge in [-0.25, -0.2) is 0 Å². The van der Waals surface area contributed by atoms with Crippen molar-refractivity contribution in [3.05, 3.63) is 63.1 Å². The van der Waals surface area contributed by atoms with Gasteiger partial charge in [0, 0.05) is 10.6 Å². The molecule has 0 heterocycles. The average Bonchev–Trinajstić information content (AvgIpc) is 2.52. The SMILES string of the molecule is O=C(COc1c(Cl)cccc1Cl)NNC(=O)c1cccc(Cl)c1. The Morgan fingerprint density at radius 2 is 1.61 bits per heavy atom. The van der Waals surface area contributed by atoms with E-state index in [-0.39, 0.29) is 22.4 Å². The number of hydrogen-bond acceptors (Lipinski definition) is 3. The largest absolute Gasteiger partial charge is 0.481 e. The second kappa shape index (κ2) is 8.06. The topological polar surface area (TPSA) is 67.4 Å². The fourth-order valence-corrected chi connectivity index (χ4v) is 2.32. The number of ether oxygens (including phenoxy) is 1. The normalized spacial score (nSPS) is 10.0. The number of carbonyl (C=O) groups excluding carboxylic acids is 2. The van der Waals surface area contributed by atoms with E-state index in [1.165, 1.54) is 6.07 Å². The molecule has 0 atom stereocenters. The summed E-state index contributed by atoms with van der Waals surface area (Å²) in [7, 11) is 0. The molecule has 23 heavy (non-hydrogen) atoms. The van der Waals surface area contributed by atoms with Crippen LogP contribution in [0.4, 0.5) is 0 Å². The van der Waals surface area contributed by atoms with Crippen LogP contribution < -0.4 is 15.6 Å². The summed E-state index contributed by atoms with van der Waals surface area (Å²) in [6.07, 6.45) is 0. The number of carbonyl (C=O) groups is 2. The van der Waals surface area contributed by atoms with Crippen LogP contribution in [0.2, 0.25) is 15.1 Å². The number of nitrogens with one attached hydrogen (secondary N) is 2. The Balaban J connectivity index is 1.85. The molecule has 0 saturated heterocycles. The third-order valence-electron chi connectivity index (χ3n) is 2.67. The van der Waals surface area contributed by atoms with Crippen LogP contribution in [-0.2, 0) is 4.79 Å². The number of amides is 2. The first-order valence-electron chi connectivity index (χ1n) is 6.39. The van der Waals surface area contributed by atoms with Gasteiger partial charge in [0.2, 0.25) is 0 Å². The summed E-state index contributed by atoms with van der Waals surface area (Å²) >= 11 is 17.6. The van der Waals surface area contributed by atoms with Crippen molar-refractivity contribution in [2.45, 2.75) is 0 Å². The highest BCUT2D eigenvalue weighted by Crippen LogP contribution is 2.32. The molecule has 0 saturated carbocycles. The van der Waals surface area contributed by atoms with E-state index in [9.17, 15) is 9.59 Å². The maximum absolute atomic E-state index is 11.8. The molecule has 0 aliphatic heterocycles. The predicted molar refractivity (Wildman–Crippen MR) is 89.0 cm³/mol. The maximum Gasteiger partial charge on any atom is 0.276 e. The molecule has 2 aromatic rings. The van der Waals surface area contributed by atoms with Gasteiger partial charge in [0.1, 0.15) is 0 Å². The molecular weight excluding hydrogens is 363 g/mol. The minimum Gasteiger partial charge on any atom is -0.481 e. The number of hydrazine groups is 1. The van der Waals surface area contributed by atoms with Gasteiger partial charge in [-0.1, -0.05) is 46.9 Å². The zero-order valence-electron chi connectivity index (χ0n) is 11.6. The molecule has 120 valence electrons. The van der Waals surface area contributed by atoms with Crippen molar-refractivity contribution >= 4 is 46.6 Å². The van der Waals surface area contributed by atoms with E-state index in [1.807, 2.05) is 0 Å². The third-order valence-corrected chi connectivity index (χ3v) is 3.50. The van der Waals surface area contributed by atoms with Crippen LogP contribution in [0.5, 0.6) is 5.75 Å². The smallest absolute Gasteiger partial charge is 0.276 e. The van der Waals surface area contributed by atoms with Gasteiger partial charge >= 0.3 is 0 Å². The molecule has 0 spiro atoms. The molecule has 0 fully saturated rings. The standard InChI is InChI=1S/C15H11Cl3N2O3/c16-10-4-1-3-9(7-10)15(22)20-19-13(21)8-23-14-11(17)5-2-6-12(14)18/h1-7H,8H2,(H,19,21)(H,20,22). The average molecular weight is 374 g/mol. The Morgan fingerprint density at radius 3 is 2.26 bits per heavy atom. The van der Waals surface area contributed by atoms with Gasteiger partial charge in [-0.3, -0.25) is 20.4 Å². The molecule has 2 rings (SSSR count). The zero-order chi connectivity index (χ0) is 16.8. The van der Waals surface area contributed by atoms with E-state index in [4.69, 9.17) is 39.5 Å². The Hall–Kier alpha value is -1.95. The Bertz CT molecular complexity index is 717. The van der Waals surface area contributed by atoms with Gasteiger partial charge in [-0.15, -0.1) is 0 Å². The lowest BCUT2D eigenvalue weighted by Gasteiger charge is -2.10. The van der Waals surface area contributed by atoms with Crippen molar-refractivity contribution in [3.63, 3.8) is 0 Å². The summed E-state index contributed by atoms with van der Waals surface area (Å²) in [6, 6.07) is 11.1. The first-order chi connectivity index (χ1) is 11.0. The van der Waals surface area contributed by atoms with Crippen molar-refractivity contribution < 1.29 is 14.3 Å². The fourth-order valence-electron chi connectivity index (χ4n) is 1.62. The Morgan fingerprint density at radius 1 is 0.957 bits per heavy atom. The van der Waals surface area contributed by atoms with Gasteiger partial charge in [0.15, 0.2) is 12.4 Å². The molecule has 0 unspecified atom stereocenters. The summed E-state index contributed by atoms with van der Waals surface area (Å²) in [5, 5.41) is 0.988. The van der Waals surface area contributed by atoms with E-state index >= 15 is 0 Å². The van der Waals surface area contributed by atoms with Crippen LogP contribution in [0.3, 0.4) is 0 Å². The van der Waals surface area contributed by atoms with Crippen molar-refractivity contribution in [1.82, 2.24) is 10.9 Å². The van der Waals surface area contributed by atoms with Crippen LogP contribution in [0, 0.1) is 0 Å². The monoisotopic (exact) mass is 372 g/mol. The Kier molecular flexibility index (Phi) is 6.10. The molecule has 5 nitrogen and oxygen atoms in total. The first-order valence-corrected chi connectivity index (χ1v) is 7.52. The van der Waals surface area contributed by atoms with E-state index in [1.54, 1.807) is 36.4 Å². The van der Waals surface area contributed by atoms with E-state index in [0.717, 1.165) is 0 Å². The summed E-state index contributed by atoms with van der Waals surface area (Å²) < 4.78 is 5.24. The van der Waals surface area contributed by atoms with Crippen LogP contribution in [0.15, 0.2) is 42.5 Å². The van der Waals surface area contributed by atoms with E-state index in [0.29, 0.717) is 10.6 Å². The summed E-state index contributed by atoms with van der Waals surface area (Å²) in [4.78, 5) is 23.5. The highest BCUT2D eigenvalue weighted by Gasteiger charge is 2.11. The van der Waals surface area contributed by atoms with Crippen LogP contribution in [0.25, 0.3) is 0 Å². The predicted octanol–water partition coefficient (Wildman–Crippen LogP) is 3.49. The molecule has 0 aliphatic carbocycles. The number of hydrogen-bond donors (Lipinski definition) is 2. The minimum atomic E-state index is -0.573. The van der Waals surface area contributed by atoms with Crippen LogP contribution in [-0.4, -0.2) is 18.4 Å². The van der Waals surface area contributed by atoms with Crippen LogP contribution in [0.1, 0.15) is 10.4 Å². The summed E-state index contributed by atoms with van der Waals surface area (Å²) in [5.41, 5.74) is 4.78. The van der Waals surface area contributed by atoms with Gasteiger partial charge in [-0.05, 0) is 30.3 Å². The number of benzene rings is 2. The molecule has 0 radical (unpaired) electrons. The fraction of sp³-hybridized carbons (Fsp3) is 0.0667. The lowest BCUT2D eigenvalue weighted by atomic mass is 10.2. The maximum atomic E-state index is 11.8. The highest BCUT2D eigenvalue weighted by molar-refractivity contribution is 6.37. The van der Waals surface area contributed by atoms with Crippen molar-refractivity contribution in [3.8, 4) is 5.75 Å². The number of rotatable bonds is 4. The molecule has 0 aromatic heterocycles. The molecule has 0 bridgehead atoms. The summed E-state index contributed by atoms with van der Waals surface area (Å²) in [5.74, 6) is -0.875. The second-order valence-corrected chi connectivity index (χ2v) is 5.60. The molecule has 2 N–H and O–H groups in total. The molecule has 8 heteroatoms. The third kappa shape index (κ3) is 5.03. The lowest BCUT2D eigenvalue weighted by molar-refractivity contribution is -0.123. The second-order valence-electron chi connectivity index (χ2n) is 4.35. The molecular formula is C15H11Cl3N2O3. The number of para-hydroxylation sites is 1. The quantitative estimate of drug-likeness (QED) is 0.806. The number of halogens is 3. The zero-order valence-corrected chi connectivity index (χ0v) is 13.9.